The van der Waals surface area contributed by atoms with Crippen molar-refractivity contribution in [3.63, 3.8) is 0 Å². The van der Waals surface area contributed by atoms with E-state index in [2.05, 4.69) is 15.6 Å². The van der Waals surface area contributed by atoms with Crippen LogP contribution in [0, 0.1) is 11.7 Å². The number of amides is 1. The number of rotatable bonds is 5. The second-order valence-electron chi connectivity index (χ2n) is 5.28. The summed E-state index contributed by atoms with van der Waals surface area (Å²) >= 11 is 0. The molecule has 0 bridgehead atoms. The number of benzene rings is 1. The first-order chi connectivity index (χ1) is 10.1. The molecule has 0 radical (unpaired) electrons. The normalized spacial score (nSPS) is 14.3. The van der Waals surface area contributed by atoms with Crippen molar-refractivity contribution < 1.29 is 9.18 Å². The van der Waals surface area contributed by atoms with E-state index in [1.54, 1.807) is 0 Å². The zero-order valence-corrected chi connectivity index (χ0v) is 11.4. The lowest BCUT2D eigenvalue weighted by atomic mass is 10.2. The van der Waals surface area contributed by atoms with Crippen molar-refractivity contribution in [2.24, 2.45) is 5.92 Å². The number of nitrogens with zero attached hydrogens (tertiary/aromatic N) is 3. The molecule has 1 aliphatic rings. The lowest BCUT2D eigenvalue weighted by molar-refractivity contribution is -0.121. The summed E-state index contributed by atoms with van der Waals surface area (Å²) < 4.78 is 14.3. The summed E-state index contributed by atoms with van der Waals surface area (Å²) in [6, 6.07) is 3.80. The first-order valence-corrected chi connectivity index (χ1v) is 6.93. The molecule has 1 fully saturated rings. The standard InChI is InChI=1S/C14H15FN4O2/c15-10-3-4-12-11(8-10)14(21)19(18-17-12)6-5-16-13(20)7-9-1-2-9/h3-4,8-9H,1-2,5-7H2,(H,16,20). The zero-order valence-electron chi connectivity index (χ0n) is 11.4. The molecule has 0 atom stereocenters. The molecule has 21 heavy (non-hydrogen) atoms. The molecule has 1 amide bonds. The van der Waals surface area contributed by atoms with E-state index in [1.807, 2.05) is 0 Å². The maximum Gasteiger partial charge on any atom is 0.277 e. The number of carbonyl (C=O) groups is 1. The van der Waals surface area contributed by atoms with E-state index < -0.39 is 11.4 Å². The molecular formula is C14H15FN4O2. The van der Waals surface area contributed by atoms with Gasteiger partial charge in [-0.15, -0.1) is 5.10 Å². The highest BCUT2D eigenvalue weighted by molar-refractivity contribution is 5.77. The average Bonchev–Trinajstić information content (AvgIpc) is 3.26. The van der Waals surface area contributed by atoms with Crippen molar-refractivity contribution in [1.29, 1.82) is 0 Å². The summed E-state index contributed by atoms with van der Waals surface area (Å²) in [4.78, 5) is 23.7. The molecule has 1 heterocycles. The molecule has 1 aromatic carbocycles. The number of fused-ring (bicyclic) bond motifs is 1. The molecule has 1 aromatic heterocycles. The van der Waals surface area contributed by atoms with Gasteiger partial charge in [-0.1, -0.05) is 5.21 Å². The van der Waals surface area contributed by atoms with Crippen LogP contribution in [0.15, 0.2) is 23.0 Å². The fourth-order valence-corrected chi connectivity index (χ4v) is 2.15. The van der Waals surface area contributed by atoms with E-state index in [4.69, 9.17) is 0 Å². The van der Waals surface area contributed by atoms with Crippen LogP contribution in [0.1, 0.15) is 19.3 Å². The fourth-order valence-electron chi connectivity index (χ4n) is 2.15. The lowest BCUT2D eigenvalue weighted by Gasteiger charge is -2.06. The van der Waals surface area contributed by atoms with Gasteiger partial charge in [-0.2, -0.15) is 0 Å². The minimum absolute atomic E-state index is 0.00894. The predicted octanol–water partition coefficient (Wildman–Crippen LogP) is 0.847. The molecule has 6 nitrogen and oxygen atoms in total. The summed E-state index contributed by atoms with van der Waals surface area (Å²) in [5, 5.41) is 10.6. The maximum atomic E-state index is 13.2. The van der Waals surface area contributed by atoms with E-state index in [0.29, 0.717) is 24.4 Å². The number of halogens is 1. The van der Waals surface area contributed by atoms with E-state index in [-0.39, 0.29) is 17.8 Å². The highest BCUT2D eigenvalue weighted by Crippen LogP contribution is 2.31. The highest BCUT2D eigenvalue weighted by Gasteiger charge is 2.24. The quantitative estimate of drug-likeness (QED) is 0.885. The molecular weight excluding hydrogens is 275 g/mol. The third-order valence-electron chi connectivity index (χ3n) is 3.50. The van der Waals surface area contributed by atoms with Crippen LogP contribution >= 0.6 is 0 Å². The molecule has 110 valence electrons. The van der Waals surface area contributed by atoms with Gasteiger partial charge >= 0.3 is 0 Å². The average molecular weight is 290 g/mol. The molecule has 0 spiro atoms. The predicted molar refractivity (Wildman–Crippen MR) is 74.1 cm³/mol. The Hall–Kier alpha value is -2.31. The van der Waals surface area contributed by atoms with Crippen LogP contribution in [0.2, 0.25) is 0 Å². The zero-order chi connectivity index (χ0) is 14.8. The van der Waals surface area contributed by atoms with Gasteiger partial charge < -0.3 is 5.32 Å². The van der Waals surface area contributed by atoms with Gasteiger partial charge in [-0.3, -0.25) is 9.59 Å². The van der Waals surface area contributed by atoms with Crippen molar-refractivity contribution >= 4 is 16.8 Å². The van der Waals surface area contributed by atoms with Crippen LogP contribution < -0.4 is 10.9 Å². The van der Waals surface area contributed by atoms with Gasteiger partial charge in [-0.05, 0) is 37.0 Å². The van der Waals surface area contributed by atoms with E-state index in [0.717, 1.165) is 23.6 Å². The molecule has 7 heteroatoms. The number of aromatic nitrogens is 3. The Kier molecular flexibility index (Phi) is 3.64. The van der Waals surface area contributed by atoms with E-state index in [1.165, 1.54) is 12.1 Å². The third kappa shape index (κ3) is 3.24. The topological polar surface area (TPSA) is 76.9 Å². The van der Waals surface area contributed by atoms with Crippen LogP contribution in [0.5, 0.6) is 0 Å². The number of hydrogen-bond donors (Lipinski definition) is 1. The largest absolute Gasteiger partial charge is 0.354 e. The van der Waals surface area contributed by atoms with Crippen molar-refractivity contribution in [1.82, 2.24) is 20.3 Å². The summed E-state index contributed by atoms with van der Waals surface area (Å²) in [6.07, 6.45) is 2.78. The molecule has 1 aliphatic carbocycles. The second-order valence-corrected chi connectivity index (χ2v) is 5.28. The summed E-state index contributed by atoms with van der Waals surface area (Å²) in [6.45, 7) is 0.523. The molecule has 0 aliphatic heterocycles. The summed E-state index contributed by atoms with van der Waals surface area (Å²) in [5.41, 5.74) is -0.0497. The maximum absolute atomic E-state index is 13.2. The van der Waals surface area contributed by atoms with Gasteiger partial charge in [0.05, 0.1) is 11.9 Å². The number of carbonyl (C=O) groups excluding carboxylic acids is 1. The van der Waals surface area contributed by atoms with Crippen LogP contribution in [0.3, 0.4) is 0 Å². The Bertz CT molecular complexity index is 739. The van der Waals surface area contributed by atoms with Crippen molar-refractivity contribution in [3.05, 3.63) is 34.4 Å². The Balaban J connectivity index is 1.67. The van der Waals surface area contributed by atoms with Gasteiger partial charge in [0.1, 0.15) is 11.3 Å². The van der Waals surface area contributed by atoms with Gasteiger partial charge in [-0.25, -0.2) is 9.07 Å². The molecule has 0 unspecified atom stereocenters. The van der Waals surface area contributed by atoms with Crippen LogP contribution in [0.25, 0.3) is 10.9 Å². The Morgan fingerprint density at radius 2 is 2.24 bits per heavy atom. The first-order valence-electron chi connectivity index (χ1n) is 6.93. The number of hydrogen-bond acceptors (Lipinski definition) is 4. The molecule has 2 aromatic rings. The summed E-state index contributed by atoms with van der Waals surface area (Å²) in [7, 11) is 0. The van der Waals surface area contributed by atoms with Gasteiger partial charge in [0.2, 0.25) is 5.91 Å². The lowest BCUT2D eigenvalue weighted by Crippen LogP contribution is -2.32. The summed E-state index contributed by atoms with van der Waals surface area (Å²) in [5.74, 6) is 0.0263. The first kappa shape index (κ1) is 13.7. The third-order valence-corrected chi connectivity index (χ3v) is 3.50. The van der Waals surface area contributed by atoms with Gasteiger partial charge in [0, 0.05) is 13.0 Å². The smallest absolute Gasteiger partial charge is 0.277 e. The van der Waals surface area contributed by atoms with Crippen molar-refractivity contribution in [2.45, 2.75) is 25.8 Å². The monoisotopic (exact) mass is 290 g/mol. The van der Waals surface area contributed by atoms with Gasteiger partial charge in [0.15, 0.2) is 0 Å². The Morgan fingerprint density at radius 1 is 1.43 bits per heavy atom. The van der Waals surface area contributed by atoms with Crippen LogP contribution in [-0.4, -0.2) is 27.4 Å². The van der Waals surface area contributed by atoms with Crippen LogP contribution in [-0.2, 0) is 11.3 Å². The minimum atomic E-state index is -0.489. The van der Waals surface area contributed by atoms with Crippen molar-refractivity contribution in [2.75, 3.05) is 6.54 Å². The Morgan fingerprint density at radius 3 is 3.00 bits per heavy atom. The number of nitrogens with one attached hydrogen (secondary N) is 1. The van der Waals surface area contributed by atoms with Gasteiger partial charge in [0.25, 0.3) is 5.56 Å². The Labute approximate surface area is 120 Å². The fraction of sp³-hybridized carbons (Fsp3) is 0.429. The SMILES string of the molecule is O=C(CC1CC1)NCCn1nnc2ccc(F)cc2c1=O. The molecule has 3 rings (SSSR count). The second kappa shape index (κ2) is 5.59. The highest BCUT2D eigenvalue weighted by atomic mass is 19.1. The van der Waals surface area contributed by atoms with E-state index in [9.17, 15) is 14.0 Å². The minimum Gasteiger partial charge on any atom is -0.354 e. The molecule has 1 N–H and O–H groups in total. The molecule has 1 saturated carbocycles. The van der Waals surface area contributed by atoms with Crippen LogP contribution in [0.4, 0.5) is 4.39 Å². The van der Waals surface area contributed by atoms with E-state index >= 15 is 0 Å². The van der Waals surface area contributed by atoms with Crippen molar-refractivity contribution in [3.8, 4) is 0 Å². The molecule has 0 saturated heterocycles.